The number of likely N-dealkylation sites (tertiary alicyclic amines) is 1. The van der Waals surface area contributed by atoms with Gasteiger partial charge in [-0.2, -0.15) is 13.2 Å². The number of aliphatic imine (C=N–C) groups is 1. The molecule has 1 fully saturated rings. The minimum Gasteiger partial charge on any atom is -0.477 e. The Kier molecular flexibility index (Phi) is 6.65. The zero-order valence-corrected chi connectivity index (χ0v) is 14.1. The predicted molar refractivity (Wildman–Crippen MR) is 85.8 cm³/mol. The zero-order chi connectivity index (χ0) is 17.7. The van der Waals surface area contributed by atoms with Crippen LogP contribution in [0.25, 0.3) is 0 Å². The minimum atomic E-state index is -4.48. The van der Waals surface area contributed by atoms with Crippen LogP contribution in [0.15, 0.2) is 16.8 Å². The van der Waals surface area contributed by atoms with Crippen LogP contribution < -0.4 is 5.32 Å². The van der Waals surface area contributed by atoms with E-state index in [1.165, 1.54) is 0 Å². The molecule has 138 valence electrons. The molecule has 2 heterocycles. The average Bonchev–Trinajstić information content (AvgIpc) is 2.48. The molecule has 2 rings (SSSR count). The molecule has 1 unspecified atom stereocenters. The summed E-state index contributed by atoms with van der Waals surface area (Å²) < 4.78 is 45.0. The van der Waals surface area contributed by atoms with E-state index >= 15 is 0 Å². The Balaban J connectivity index is 1.98. The number of ether oxygens (including phenoxy) is 1. The maximum absolute atomic E-state index is 13.1. The summed E-state index contributed by atoms with van der Waals surface area (Å²) in [6, 6.07) is 0. The van der Waals surface area contributed by atoms with Crippen LogP contribution in [0, 0.1) is 5.92 Å². The van der Waals surface area contributed by atoms with E-state index in [0.717, 1.165) is 32.0 Å². The van der Waals surface area contributed by atoms with Gasteiger partial charge >= 0.3 is 6.18 Å². The summed E-state index contributed by atoms with van der Waals surface area (Å²) in [4.78, 5) is 5.87. The molecule has 2 atom stereocenters. The number of alkyl halides is 3. The molecular formula is C16H26F3N3O2. The van der Waals surface area contributed by atoms with Gasteiger partial charge in [-0.05, 0) is 32.9 Å². The third-order valence-electron chi connectivity index (χ3n) is 4.18. The van der Waals surface area contributed by atoms with E-state index in [4.69, 9.17) is 4.74 Å². The molecule has 0 radical (unpaired) electrons. The first-order valence-electron chi connectivity index (χ1n) is 8.34. The SMILES string of the molecule is C[C@@H](O)CNCC1C=C(C(F)(F)F)N=C(OC2CCN(C)CC2)C1. The summed E-state index contributed by atoms with van der Waals surface area (Å²) in [7, 11) is 2.02. The molecule has 24 heavy (non-hydrogen) atoms. The molecule has 0 aliphatic carbocycles. The third-order valence-corrected chi connectivity index (χ3v) is 4.18. The van der Waals surface area contributed by atoms with Gasteiger partial charge in [-0.15, -0.1) is 0 Å². The second-order valence-corrected chi connectivity index (χ2v) is 6.65. The standard InChI is InChI=1S/C16H26F3N3O2/c1-11(23)9-20-10-12-7-14(16(17,18)19)21-15(8-12)24-13-3-5-22(2)6-4-13/h7,11-13,20,23H,3-6,8-10H2,1-2H3/t11-,12?/m1/s1. The smallest absolute Gasteiger partial charge is 0.433 e. The molecule has 8 heteroatoms. The second kappa shape index (κ2) is 8.31. The highest BCUT2D eigenvalue weighted by atomic mass is 19.4. The molecule has 0 aromatic rings. The molecule has 2 N–H and O–H groups in total. The van der Waals surface area contributed by atoms with Crippen molar-refractivity contribution in [3.05, 3.63) is 11.8 Å². The fraction of sp³-hybridized carbons (Fsp3) is 0.812. The van der Waals surface area contributed by atoms with Gasteiger partial charge in [-0.3, -0.25) is 0 Å². The maximum Gasteiger partial charge on any atom is 0.433 e. The number of hydrogen-bond acceptors (Lipinski definition) is 5. The fourth-order valence-corrected chi connectivity index (χ4v) is 2.86. The number of piperidine rings is 1. The minimum absolute atomic E-state index is 0.0707. The first kappa shape index (κ1) is 19.2. The Labute approximate surface area is 140 Å². The molecular weight excluding hydrogens is 323 g/mol. The van der Waals surface area contributed by atoms with Crippen molar-refractivity contribution in [2.75, 3.05) is 33.2 Å². The van der Waals surface area contributed by atoms with Crippen molar-refractivity contribution in [1.29, 1.82) is 0 Å². The van der Waals surface area contributed by atoms with E-state index in [0.29, 0.717) is 19.5 Å². The summed E-state index contributed by atoms with van der Waals surface area (Å²) >= 11 is 0. The van der Waals surface area contributed by atoms with Gasteiger partial charge in [0.25, 0.3) is 0 Å². The molecule has 0 bridgehead atoms. The fourth-order valence-electron chi connectivity index (χ4n) is 2.86. The van der Waals surface area contributed by atoms with Crippen LogP contribution in [0.3, 0.4) is 0 Å². The number of allylic oxidation sites excluding steroid dienone is 1. The molecule has 1 saturated heterocycles. The van der Waals surface area contributed by atoms with E-state index in [-0.39, 0.29) is 17.9 Å². The zero-order valence-electron chi connectivity index (χ0n) is 14.1. The van der Waals surface area contributed by atoms with Gasteiger partial charge in [0.1, 0.15) is 11.8 Å². The number of rotatable bonds is 5. The molecule has 0 spiro atoms. The van der Waals surface area contributed by atoms with Gasteiger partial charge in [0, 0.05) is 38.5 Å². The normalized spacial score (nSPS) is 25.2. The van der Waals surface area contributed by atoms with E-state index in [2.05, 4.69) is 15.2 Å². The van der Waals surface area contributed by atoms with E-state index < -0.39 is 18.0 Å². The van der Waals surface area contributed by atoms with Crippen LogP contribution >= 0.6 is 0 Å². The largest absolute Gasteiger partial charge is 0.477 e. The lowest BCUT2D eigenvalue weighted by atomic mass is 10.0. The Morgan fingerprint density at radius 3 is 2.67 bits per heavy atom. The number of nitrogens with one attached hydrogen (secondary N) is 1. The molecule has 0 aromatic heterocycles. The highest BCUT2D eigenvalue weighted by molar-refractivity contribution is 5.79. The Morgan fingerprint density at radius 2 is 2.08 bits per heavy atom. The lowest BCUT2D eigenvalue weighted by Gasteiger charge is -2.31. The van der Waals surface area contributed by atoms with Gasteiger partial charge < -0.3 is 20.1 Å². The third kappa shape index (κ3) is 6.07. The number of aliphatic hydroxyl groups is 1. The summed E-state index contributed by atoms with van der Waals surface area (Å²) in [5.74, 6) is -0.178. The van der Waals surface area contributed by atoms with E-state index in [9.17, 15) is 18.3 Å². The molecule has 2 aliphatic heterocycles. The van der Waals surface area contributed by atoms with Crippen molar-refractivity contribution in [2.45, 2.75) is 44.6 Å². The molecule has 0 aromatic carbocycles. The highest BCUT2D eigenvalue weighted by Gasteiger charge is 2.37. The van der Waals surface area contributed by atoms with Crippen molar-refractivity contribution in [3.8, 4) is 0 Å². The summed E-state index contributed by atoms with van der Waals surface area (Å²) in [6.07, 6.45) is -2.00. The number of nitrogens with zero attached hydrogens (tertiary/aromatic N) is 2. The molecule has 2 aliphatic rings. The maximum atomic E-state index is 13.1. The van der Waals surface area contributed by atoms with Crippen LogP contribution in [0.4, 0.5) is 13.2 Å². The van der Waals surface area contributed by atoms with Crippen molar-refractivity contribution in [1.82, 2.24) is 10.2 Å². The van der Waals surface area contributed by atoms with Crippen LogP contribution in [-0.2, 0) is 4.74 Å². The first-order chi connectivity index (χ1) is 11.2. The van der Waals surface area contributed by atoms with Gasteiger partial charge in [-0.1, -0.05) is 0 Å². The van der Waals surface area contributed by atoms with Crippen LogP contribution in [0.1, 0.15) is 26.2 Å². The van der Waals surface area contributed by atoms with Gasteiger partial charge in [-0.25, -0.2) is 4.99 Å². The summed E-state index contributed by atoms with van der Waals surface area (Å²) in [5.41, 5.74) is -0.888. The van der Waals surface area contributed by atoms with Crippen LogP contribution in [0.2, 0.25) is 0 Å². The van der Waals surface area contributed by atoms with E-state index in [1.54, 1.807) is 6.92 Å². The first-order valence-corrected chi connectivity index (χ1v) is 8.34. The lowest BCUT2D eigenvalue weighted by Crippen LogP contribution is -2.37. The van der Waals surface area contributed by atoms with Crippen LogP contribution in [-0.4, -0.2) is 67.5 Å². The second-order valence-electron chi connectivity index (χ2n) is 6.65. The van der Waals surface area contributed by atoms with Gasteiger partial charge in [0.15, 0.2) is 5.90 Å². The van der Waals surface area contributed by atoms with Crippen molar-refractivity contribution in [3.63, 3.8) is 0 Å². The number of halogens is 3. The number of aliphatic hydroxyl groups excluding tert-OH is 1. The predicted octanol–water partition coefficient (Wildman–Crippen LogP) is 1.93. The van der Waals surface area contributed by atoms with Crippen molar-refractivity contribution >= 4 is 5.90 Å². The molecule has 0 amide bonds. The molecule has 5 nitrogen and oxygen atoms in total. The van der Waals surface area contributed by atoms with Crippen LogP contribution in [0.5, 0.6) is 0 Å². The Bertz CT molecular complexity index is 470. The van der Waals surface area contributed by atoms with E-state index in [1.807, 2.05) is 7.05 Å². The molecule has 0 saturated carbocycles. The average molecular weight is 349 g/mol. The summed E-state index contributed by atoms with van der Waals surface area (Å²) in [6.45, 7) is 4.06. The Hall–Kier alpha value is -1.12. The van der Waals surface area contributed by atoms with Crippen molar-refractivity contribution in [2.24, 2.45) is 10.9 Å². The number of hydrogen-bond donors (Lipinski definition) is 2. The summed E-state index contributed by atoms with van der Waals surface area (Å²) in [5, 5.41) is 12.2. The highest BCUT2D eigenvalue weighted by Crippen LogP contribution is 2.32. The van der Waals surface area contributed by atoms with Crippen molar-refractivity contribution < 1.29 is 23.0 Å². The monoisotopic (exact) mass is 349 g/mol. The van der Waals surface area contributed by atoms with Gasteiger partial charge in [0.05, 0.1) is 6.10 Å². The van der Waals surface area contributed by atoms with Gasteiger partial charge in [0.2, 0.25) is 0 Å². The lowest BCUT2D eigenvalue weighted by molar-refractivity contribution is -0.0935. The quantitative estimate of drug-likeness (QED) is 0.796. The topological polar surface area (TPSA) is 57.1 Å². The Morgan fingerprint density at radius 1 is 1.42 bits per heavy atom.